The summed E-state index contributed by atoms with van der Waals surface area (Å²) in [5.41, 5.74) is 8.01. The van der Waals surface area contributed by atoms with Gasteiger partial charge in [-0.15, -0.1) is 0 Å². The molecule has 1 rings (SSSR count). The third-order valence-corrected chi connectivity index (χ3v) is 3.15. The molecule has 94 valence electrons. The fraction of sp³-hybridized carbons (Fsp3) is 0.500. The second-order valence-corrected chi connectivity index (χ2v) is 4.74. The Labute approximate surface area is 104 Å². The molecule has 0 bridgehead atoms. The number of hydrogen-bond donors (Lipinski definition) is 1. The van der Waals surface area contributed by atoms with Gasteiger partial charge in [-0.05, 0) is 24.5 Å². The number of amides is 1. The van der Waals surface area contributed by atoms with Crippen molar-refractivity contribution in [3.05, 3.63) is 29.3 Å². The monoisotopic (exact) mass is 234 g/mol. The summed E-state index contributed by atoms with van der Waals surface area (Å²) in [6.45, 7) is 6.96. The molecule has 2 N–H and O–H groups in total. The summed E-state index contributed by atoms with van der Waals surface area (Å²) in [6.07, 6.45) is 1.07. The first-order valence-electron chi connectivity index (χ1n) is 6.07. The van der Waals surface area contributed by atoms with Crippen molar-refractivity contribution in [3.63, 3.8) is 0 Å². The van der Waals surface area contributed by atoms with Gasteiger partial charge in [0.15, 0.2) is 0 Å². The van der Waals surface area contributed by atoms with Crippen LogP contribution in [0.5, 0.6) is 0 Å². The number of carbonyl (C=O) groups excluding carboxylic acids is 1. The van der Waals surface area contributed by atoms with E-state index < -0.39 is 0 Å². The zero-order valence-corrected chi connectivity index (χ0v) is 11.2. The lowest BCUT2D eigenvalue weighted by atomic mass is 10.0. The zero-order chi connectivity index (χ0) is 13.0. The Bertz CT molecular complexity index is 381. The predicted molar refractivity (Wildman–Crippen MR) is 72.0 cm³/mol. The molecule has 0 fully saturated rings. The van der Waals surface area contributed by atoms with Crippen molar-refractivity contribution in [2.24, 2.45) is 5.92 Å². The van der Waals surface area contributed by atoms with Crippen LogP contribution in [-0.4, -0.2) is 24.4 Å². The molecule has 1 aromatic rings. The molecule has 0 radical (unpaired) electrons. The second kappa shape index (κ2) is 5.71. The van der Waals surface area contributed by atoms with Crippen LogP contribution in [0.15, 0.2) is 18.2 Å². The van der Waals surface area contributed by atoms with Crippen LogP contribution in [0.4, 0.5) is 5.69 Å². The summed E-state index contributed by atoms with van der Waals surface area (Å²) in [5, 5.41) is 0. The third kappa shape index (κ3) is 3.22. The maximum absolute atomic E-state index is 12.3. The number of nitrogen functional groups attached to an aromatic ring is 1. The Balaban J connectivity index is 2.89. The van der Waals surface area contributed by atoms with E-state index in [9.17, 15) is 4.79 Å². The third-order valence-electron chi connectivity index (χ3n) is 3.15. The van der Waals surface area contributed by atoms with Crippen molar-refractivity contribution < 1.29 is 4.79 Å². The highest BCUT2D eigenvalue weighted by Gasteiger charge is 2.17. The summed E-state index contributed by atoms with van der Waals surface area (Å²) in [6, 6.07) is 5.56. The number of carbonyl (C=O) groups is 1. The minimum Gasteiger partial charge on any atom is -0.398 e. The number of anilines is 1. The minimum absolute atomic E-state index is 0.0147. The first-order valence-corrected chi connectivity index (χ1v) is 6.07. The van der Waals surface area contributed by atoms with E-state index in [0.717, 1.165) is 18.5 Å². The van der Waals surface area contributed by atoms with E-state index in [2.05, 4.69) is 13.8 Å². The number of aryl methyl sites for hydroxylation is 1. The smallest absolute Gasteiger partial charge is 0.255 e. The van der Waals surface area contributed by atoms with Crippen molar-refractivity contribution >= 4 is 11.6 Å². The Morgan fingerprint density at radius 1 is 1.47 bits per heavy atom. The molecule has 0 aliphatic carbocycles. The van der Waals surface area contributed by atoms with E-state index in [4.69, 9.17) is 5.73 Å². The van der Waals surface area contributed by atoms with Gasteiger partial charge in [0.1, 0.15) is 0 Å². The summed E-state index contributed by atoms with van der Waals surface area (Å²) >= 11 is 0. The van der Waals surface area contributed by atoms with Crippen LogP contribution in [0.25, 0.3) is 0 Å². The summed E-state index contributed by atoms with van der Waals surface area (Å²) in [4.78, 5) is 14.0. The molecule has 0 heterocycles. The van der Waals surface area contributed by atoms with E-state index >= 15 is 0 Å². The summed E-state index contributed by atoms with van der Waals surface area (Å²) in [7, 11) is 1.83. The second-order valence-electron chi connectivity index (χ2n) is 4.74. The van der Waals surface area contributed by atoms with Crippen LogP contribution in [0.3, 0.4) is 0 Å². The maximum atomic E-state index is 12.3. The number of hydrogen-bond acceptors (Lipinski definition) is 2. The van der Waals surface area contributed by atoms with Gasteiger partial charge in [-0.3, -0.25) is 4.79 Å². The molecule has 3 heteroatoms. The van der Waals surface area contributed by atoms with Crippen LogP contribution in [-0.2, 0) is 0 Å². The van der Waals surface area contributed by atoms with Crippen LogP contribution < -0.4 is 5.73 Å². The van der Waals surface area contributed by atoms with E-state index in [-0.39, 0.29) is 5.91 Å². The molecular weight excluding hydrogens is 212 g/mol. The van der Waals surface area contributed by atoms with E-state index in [1.807, 2.05) is 26.1 Å². The first kappa shape index (κ1) is 13.6. The lowest BCUT2D eigenvalue weighted by Gasteiger charge is -2.22. The van der Waals surface area contributed by atoms with Crippen molar-refractivity contribution in [3.8, 4) is 0 Å². The quantitative estimate of drug-likeness (QED) is 0.814. The molecule has 1 unspecified atom stereocenters. The van der Waals surface area contributed by atoms with Crippen molar-refractivity contribution in [1.82, 2.24) is 4.90 Å². The minimum atomic E-state index is 0.0147. The molecule has 0 aliphatic heterocycles. The molecule has 0 spiro atoms. The Morgan fingerprint density at radius 2 is 2.12 bits per heavy atom. The van der Waals surface area contributed by atoms with Gasteiger partial charge in [0.05, 0.1) is 5.56 Å². The number of nitrogens with two attached hydrogens (primary N) is 1. The average molecular weight is 234 g/mol. The normalized spacial score (nSPS) is 12.2. The van der Waals surface area contributed by atoms with Crippen LogP contribution in [0.1, 0.15) is 36.2 Å². The van der Waals surface area contributed by atoms with E-state index in [1.54, 1.807) is 11.0 Å². The standard InChI is InChI=1S/C14H22N2O/c1-5-10(2)9-16(4)14(17)13-11(3)7-6-8-12(13)15/h6-8,10H,5,9,15H2,1-4H3. The number of rotatable bonds is 4. The SMILES string of the molecule is CCC(C)CN(C)C(=O)c1c(C)cccc1N. The highest BCUT2D eigenvalue weighted by Crippen LogP contribution is 2.18. The lowest BCUT2D eigenvalue weighted by Crippen LogP contribution is -2.31. The molecule has 1 aromatic carbocycles. The fourth-order valence-corrected chi connectivity index (χ4v) is 1.85. The summed E-state index contributed by atoms with van der Waals surface area (Å²) in [5.74, 6) is 0.523. The van der Waals surface area contributed by atoms with Crippen molar-refractivity contribution in [2.75, 3.05) is 19.3 Å². The van der Waals surface area contributed by atoms with Gasteiger partial charge in [-0.1, -0.05) is 32.4 Å². The number of benzene rings is 1. The molecule has 0 saturated heterocycles. The van der Waals surface area contributed by atoms with E-state index in [1.165, 1.54) is 0 Å². The van der Waals surface area contributed by atoms with Gasteiger partial charge < -0.3 is 10.6 Å². The van der Waals surface area contributed by atoms with Gasteiger partial charge in [-0.25, -0.2) is 0 Å². The molecule has 17 heavy (non-hydrogen) atoms. The van der Waals surface area contributed by atoms with Gasteiger partial charge in [0, 0.05) is 19.3 Å². The maximum Gasteiger partial charge on any atom is 0.255 e. The summed E-state index contributed by atoms with van der Waals surface area (Å²) < 4.78 is 0. The van der Waals surface area contributed by atoms with Gasteiger partial charge in [-0.2, -0.15) is 0 Å². The molecular formula is C14H22N2O. The van der Waals surface area contributed by atoms with Crippen LogP contribution in [0, 0.1) is 12.8 Å². The molecule has 1 amide bonds. The zero-order valence-electron chi connectivity index (χ0n) is 11.2. The predicted octanol–water partition coefficient (Wildman–Crippen LogP) is 2.70. The van der Waals surface area contributed by atoms with Crippen LogP contribution in [0.2, 0.25) is 0 Å². The first-order chi connectivity index (χ1) is 7.97. The largest absolute Gasteiger partial charge is 0.398 e. The fourth-order valence-electron chi connectivity index (χ4n) is 1.85. The van der Waals surface area contributed by atoms with Gasteiger partial charge >= 0.3 is 0 Å². The van der Waals surface area contributed by atoms with E-state index in [0.29, 0.717) is 17.2 Å². The highest BCUT2D eigenvalue weighted by atomic mass is 16.2. The molecule has 3 nitrogen and oxygen atoms in total. The lowest BCUT2D eigenvalue weighted by molar-refractivity contribution is 0.0775. The Morgan fingerprint density at radius 3 is 2.65 bits per heavy atom. The van der Waals surface area contributed by atoms with Crippen LogP contribution >= 0.6 is 0 Å². The Hall–Kier alpha value is -1.51. The van der Waals surface area contributed by atoms with Crippen molar-refractivity contribution in [1.29, 1.82) is 0 Å². The molecule has 1 atom stereocenters. The Kier molecular flexibility index (Phi) is 4.55. The van der Waals surface area contributed by atoms with Gasteiger partial charge in [0.2, 0.25) is 0 Å². The van der Waals surface area contributed by atoms with Gasteiger partial charge in [0.25, 0.3) is 5.91 Å². The number of nitrogens with zero attached hydrogens (tertiary/aromatic N) is 1. The molecule has 0 saturated carbocycles. The topological polar surface area (TPSA) is 46.3 Å². The molecule has 0 aromatic heterocycles. The molecule has 0 aliphatic rings. The van der Waals surface area contributed by atoms with Crippen molar-refractivity contribution in [2.45, 2.75) is 27.2 Å². The highest BCUT2D eigenvalue weighted by molar-refractivity contribution is 6.00. The average Bonchev–Trinajstić information content (AvgIpc) is 2.28.